The van der Waals surface area contributed by atoms with Gasteiger partial charge in [-0.1, -0.05) is 12.1 Å². The molecule has 0 aromatic heterocycles. The summed E-state index contributed by atoms with van der Waals surface area (Å²) in [6.07, 6.45) is -6.34. The van der Waals surface area contributed by atoms with Crippen molar-refractivity contribution in [1.82, 2.24) is 0 Å². The molecule has 0 radical (unpaired) electrons. The molecule has 0 saturated carbocycles. The molecule has 0 spiro atoms. The molecule has 1 aromatic rings. The van der Waals surface area contributed by atoms with E-state index in [0.29, 0.717) is 0 Å². The maximum absolute atomic E-state index is 13.2. The molecule has 16 heavy (non-hydrogen) atoms. The van der Waals surface area contributed by atoms with E-state index in [4.69, 9.17) is 0 Å². The SMILES string of the molecule is COP(=O)(CC(F)(F)F)c1ccccc1F. The Hall–Kier alpha value is -0.870. The maximum Gasteiger partial charge on any atom is 0.398 e. The average Bonchev–Trinajstić information content (AvgIpc) is 2.15. The van der Waals surface area contributed by atoms with E-state index in [1.807, 2.05) is 0 Å². The molecule has 90 valence electrons. The first-order valence-corrected chi connectivity index (χ1v) is 6.06. The van der Waals surface area contributed by atoms with E-state index in [9.17, 15) is 22.1 Å². The summed E-state index contributed by atoms with van der Waals surface area (Å²) in [6.45, 7) is 0. The third-order valence-electron chi connectivity index (χ3n) is 1.90. The minimum atomic E-state index is -4.67. The molecule has 0 N–H and O–H groups in total. The average molecular weight is 256 g/mol. The van der Waals surface area contributed by atoms with Gasteiger partial charge in [-0.15, -0.1) is 0 Å². The van der Waals surface area contributed by atoms with Crippen molar-refractivity contribution in [2.24, 2.45) is 0 Å². The Kier molecular flexibility index (Phi) is 3.76. The minimum Gasteiger partial charge on any atom is -0.328 e. The van der Waals surface area contributed by atoms with Crippen molar-refractivity contribution in [3.8, 4) is 0 Å². The van der Waals surface area contributed by atoms with Crippen LogP contribution in [0.5, 0.6) is 0 Å². The molecule has 0 aliphatic rings. The van der Waals surface area contributed by atoms with Gasteiger partial charge in [0.15, 0.2) is 0 Å². The van der Waals surface area contributed by atoms with Crippen LogP contribution in [-0.4, -0.2) is 19.4 Å². The highest BCUT2D eigenvalue weighted by molar-refractivity contribution is 7.67. The second kappa shape index (κ2) is 4.55. The second-order valence-corrected chi connectivity index (χ2v) is 5.59. The molecule has 0 bridgehead atoms. The van der Waals surface area contributed by atoms with Crippen molar-refractivity contribution in [3.05, 3.63) is 30.1 Å². The molecule has 0 aliphatic carbocycles. The van der Waals surface area contributed by atoms with E-state index in [-0.39, 0.29) is 0 Å². The molecule has 0 fully saturated rings. The fraction of sp³-hybridized carbons (Fsp3) is 0.333. The van der Waals surface area contributed by atoms with Crippen LogP contribution in [0.4, 0.5) is 17.6 Å². The summed E-state index contributed by atoms with van der Waals surface area (Å²) >= 11 is 0. The smallest absolute Gasteiger partial charge is 0.328 e. The van der Waals surface area contributed by atoms with Gasteiger partial charge in [-0.2, -0.15) is 13.2 Å². The molecule has 1 atom stereocenters. The van der Waals surface area contributed by atoms with Gasteiger partial charge in [0.25, 0.3) is 0 Å². The van der Waals surface area contributed by atoms with Crippen molar-refractivity contribution >= 4 is 12.7 Å². The van der Waals surface area contributed by atoms with Gasteiger partial charge in [-0.25, -0.2) is 4.39 Å². The quantitative estimate of drug-likeness (QED) is 0.614. The number of hydrogen-bond donors (Lipinski definition) is 0. The lowest BCUT2D eigenvalue weighted by Crippen LogP contribution is -2.22. The lowest BCUT2D eigenvalue weighted by molar-refractivity contribution is -0.107. The first-order valence-electron chi connectivity index (χ1n) is 4.25. The summed E-state index contributed by atoms with van der Waals surface area (Å²) in [5.41, 5.74) is 0. The molecule has 0 aliphatic heterocycles. The van der Waals surface area contributed by atoms with E-state index in [1.165, 1.54) is 12.1 Å². The van der Waals surface area contributed by atoms with E-state index in [1.54, 1.807) is 0 Å². The molecule has 0 heterocycles. The standard InChI is InChI=1S/C9H9F4O2P/c1-15-16(14,6-9(11,12)13)8-5-3-2-4-7(8)10/h2-5H,6H2,1H3. The largest absolute Gasteiger partial charge is 0.398 e. The molecule has 1 unspecified atom stereocenters. The van der Waals surface area contributed by atoms with E-state index < -0.39 is 30.8 Å². The van der Waals surface area contributed by atoms with Gasteiger partial charge >= 0.3 is 6.18 Å². The Balaban J connectivity index is 3.16. The predicted molar refractivity (Wildman–Crippen MR) is 51.6 cm³/mol. The summed E-state index contributed by atoms with van der Waals surface area (Å²) in [4.78, 5) is 0. The summed E-state index contributed by atoms with van der Waals surface area (Å²) in [7, 11) is -3.34. The molecule has 1 aromatic carbocycles. The highest BCUT2D eigenvalue weighted by atomic mass is 31.2. The summed E-state index contributed by atoms with van der Waals surface area (Å²) in [6, 6.07) is 4.58. The third-order valence-corrected chi connectivity index (χ3v) is 4.36. The van der Waals surface area contributed by atoms with Gasteiger partial charge in [-0.05, 0) is 12.1 Å². The zero-order valence-corrected chi connectivity index (χ0v) is 9.19. The van der Waals surface area contributed by atoms with Gasteiger partial charge in [-0.3, -0.25) is 4.57 Å². The van der Waals surface area contributed by atoms with Crippen LogP contribution in [0.3, 0.4) is 0 Å². The summed E-state index contributed by atoms with van der Waals surface area (Å²) in [5, 5.41) is -0.533. The Bertz CT molecular complexity index is 416. The number of alkyl halides is 3. The van der Waals surface area contributed by atoms with Gasteiger partial charge < -0.3 is 4.52 Å². The number of benzene rings is 1. The van der Waals surface area contributed by atoms with Gasteiger partial charge in [0, 0.05) is 7.11 Å². The number of rotatable bonds is 3. The molecule has 2 nitrogen and oxygen atoms in total. The number of hydrogen-bond acceptors (Lipinski definition) is 2. The first kappa shape index (κ1) is 13.2. The highest BCUT2D eigenvalue weighted by Crippen LogP contribution is 2.49. The second-order valence-electron chi connectivity index (χ2n) is 3.08. The Morgan fingerprint density at radius 3 is 2.31 bits per heavy atom. The Labute approximate surface area is 89.7 Å². The fourth-order valence-electron chi connectivity index (χ4n) is 1.21. The molecule has 0 amide bonds. The topological polar surface area (TPSA) is 26.3 Å². The third kappa shape index (κ3) is 3.06. The molecular weight excluding hydrogens is 247 g/mol. The van der Waals surface area contributed by atoms with Crippen molar-refractivity contribution in [2.75, 3.05) is 13.3 Å². The zero-order chi connectivity index (χ0) is 12.4. The predicted octanol–water partition coefficient (Wildman–Crippen LogP) is 2.94. The summed E-state index contributed by atoms with van der Waals surface area (Å²) in [5.74, 6) is -0.961. The minimum absolute atomic E-state index is 0.533. The molecular formula is C9H9F4O2P. The van der Waals surface area contributed by atoms with Crippen LogP contribution in [0.1, 0.15) is 0 Å². The van der Waals surface area contributed by atoms with E-state index in [0.717, 1.165) is 19.2 Å². The van der Waals surface area contributed by atoms with Crippen molar-refractivity contribution in [3.63, 3.8) is 0 Å². The van der Waals surface area contributed by atoms with Crippen molar-refractivity contribution < 1.29 is 26.7 Å². The molecule has 1 rings (SSSR count). The van der Waals surface area contributed by atoms with Gasteiger partial charge in [0.2, 0.25) is 7.37 Å². The van der Waals surface area contributed by atoms with Crippen LogP contribution in [0.2, 0.25) is 0 Å². The van der Waals surface area contributed by atoms with Crippen LogP contribution in [0, 0.1) is 5.82 Å². The monoisotopic (exact) mass is 256 g/mol. The lowest BCUT2D eigenvalue weighted by atomic mass is 10.3. The molecule has 7 heteroatoms. The van der Waals surface area contributed by atoms with Gasteiger partial charge in [0.05, 0.1) is 5.30 Å². The van der Waals surface area contributed by atoms with Crippen LogP contribution >= 0.6 is 7.37 Å². The van der Waals surface area contributed by atoms with Crippen molar-refractivity contribution in [1.29, 1.82) is 0 Å². The van der Waals surface area contributed by atoms with Crippen molar-refractivity contribution in [2.45, 2.75) is 6.18 Å². The Morgan fingerprint density at radius 2 is 1.88 bits per heavy atom. The van der Waals surface area contributed by atoms with E-state index >= 15 is 0 Å². The van der Waals surface area contributed by atoms with Crippen LogP contribution in [-0.2, 0) is 9.09 Å². The van der Waals surface area contributed by atoms with Crippen LogP contribution in [0.15, 0.2) is 24.3 Å². The van der Waals surface area contributed by atoms with E-state index in [2.05, 4.69) is 4.52 Å². The maximum atomic E-state index is 13.2. The highest BCUT2D eigenvalue weighted by Gasteiger charge is 2.41. The summed E-state index contributed by atoms with van der Waals surface area (Å²) < 4.78 is 66.0. The van der Waals surface area contributed by atoms with Gasteiger partial charge in [0.1, 0.15) is 12.0 Å². The fourth-order valence-corrected chi connectivity index (χ4v) is 2.89. The molecule has 0 saturated heterocycles. The zero-order valence-electron chi connectivity index (χ0n) is 8.29. The van der Waals surface area contributed by atoms with Crippen LogP contribution < -0.4 is 5.30 Å². The number of halogens is 4. The normalized spacial score (nSPS) is 15.8. The Morgan fingerprint density at radius 1 is 1.31 bits per heavy atom. The first-order chi connectivity index (χ1) is 7.28. The lowest BCUT2D eigenvalue weighted by Gasteiger charge is -2.18. The van der Waals surface area contributed by atoms with Crippen LogP contribution in [0.25, 0.3) is 0 Å².